The van der Waals surface area contributed by atoms with Crippen LogP contribution in [-0.2, 0) is 19.1 Å². The van der Waals surface area contributed by atoms with Crippen LogP contribution >= 0.6 is 0 Å². The van der Waals surface area contributed by atoms with E-state index in [1.54, 1.807) is 68.1 Å². The van der Waals surface area contributed by atoms with Gasteiger partial charge >= 0.3 is 12.0 Å². The van der Waals surface area contributed by atoms with Gasteiger partial charge in [-0.1, -0.05) is 30.3 Å². The van der Waals surface area contributed by atoms with Gasteiger partial charge in [-0.3, -0.25) is 14.5 Å². The number of nitrogens with zero attached hydrogens (tertiary/aromatic N) is 2. The minimum atomic E-state index is -1.51. The van der Waals surface area contributed by atoms with Gasteiger partial charge in [0.15, 0.2) is 0 Å². The number of para-hydroxylation sites is 1. The number of hydrogen-bond donors (Lipinski definition) is 2. The Morgan fingerprint density at radius 1 is 1.00 bits per heavy atom. The summed E-state index contributed by atoms with van der Waals surface area (Å²) in [7, 11) is 0. The molecule has 1 heterocycles. The highest BCUT2D eigenvalue weighted by Gasteiger charge is 2.42. The van der Waals surface area contributed by atoms with E-state index in [2.05, 4.69) is 10.6 Å². The number of carbonyl (C=O) groups excluding carboxylic acids is 4. The average Bonchev–Trinajstić information content (AvgIpc) is 3.35. The number of ether oxygens (including phenoxy) is 1. The molecule has 1 saturated heterocycles. The van der Waals surface area contributed by atoms with Crippen molar-refractivity contribution in [1.82, 2.24) is 10.2 Å². The molecule has 1 aliphatic heterocycles. The van der Waals surface area contributed by atoms with E-state index < -0.39 is 42.0 Å². The monoisotopic (exact) mass is 494 g/mol. The number of benzene rings is 2. The lowest BCUT2D eigenvalue weighted by molar-refractivity contribution is -0.161. The van der Waals surface area contributed by atoms with Gasteiger partial charge in [0.1, 0.15) is 5.60 Å². The van der Waals surface area contributed by atoms with Gasteiger partial charge < -0.3 is 20.3 Å². The van der Waals surface area contributed by atoms with Gasteiger partial charge in [0.2, 0.25) is 11.9 Å². The standard InChI is InChI=1S/C27H34N4O5/c1-19-11-10-12-20(17-19)29-26(35)28-18-22(32)31(21-13-6-5-7-14-21)23(25(34)36-27(2,3)4)24(33)30-15-8-9-16-30/h5-7,10-14,17,23H,8-9,15-16,18H2,1-4H3,(H2,28,29,35). The van der Waals surface area contributed by atoms with Crippen LogP contribution in [0.5, 0.6) is 0 Å². The number of urea groups is 1. The van der Waals surface area contributed by atoms with Gasteiger partial charge in [0, 0.05) is 24.5 Å². The molecule has 192 valence electrons. The molecule has 3 rings (SSSR count). The molecular weight excluding hydrogens is 460 g/mol. The zero-order chi connectivity index (χ0) is 26.3. The summed E-state index contributed by atoms with van der Waals surface area (Å²) in [5, 5.41) is 5.21. The second-order valence-corrected chi connectivity index (χ2v) is 9.74. The van der Waals surface area contributed by atoms with E-state index in [0.717, 1.165) is 23.3 Å². The third kappa shape index (κ3) is 7.31. The van der Waals surface area contributed by atoms with E-state index in [-0.39, 0.29) is 0 Å². The maximum absolute atomic E-state index is 13.5. The average molecular weight is 495 g/mol. The van der Waals surface area contributed by atoms with E-state index >= 15 is 0 Å². The van der Waals surface area contributed by atoms with Crippen LogP contribution in [0.3, 0.4) is 0 Å². The van der Waals surface area contributed by atoms with Crippen molar-refractivity contribution >= 4 is 35.2 Å². The predicted octanol–water partition coefficient (Wildman–Crippen LogP) is 3.48. The molecule has 1 atom stereocenters. The van der Waals surface area contributed by atoms with Gasteiger partial charge in [-0.15, -0.1) is 0 Å². The summed E-state index contributed by atoms with van der Waals surface area (Å²) < 4.78 is 5.57. The number of anilines is 2. The van der Waals surface area contributed by atoms with Crippen molar-refractivity contribution in [2.45, 2.75) is 52.2 Å². The van der Waals surface area contributed by atoms with E-state index in [1.165, 1.54) is 0 Å². The first-order chi connectivity index (χ1) is 17.0. The Morgan fingerprint density at radius 2 is 1.67 bits per heavy atom. The van der Waals surface area contributed by atoms with Crippen molar-refractivity contribution in [3.63, 3.8) is 0 Å². The molecule has 1 unspecified atom stereocenters. The molecule has 2 aromatic carbocycles. The summed E-state index contributed by atoms with van der Waals surface area (Å²) in [5.74, 6) is -1.94. The molecule has 2 N–H and O–H groups in total. The zero-order valence-electron chi connectivity index (χ0n) is 21.2. The van der Waals surface area contributed by atoms with Crippen LogP contribution in [-0.4, -0.2) is 60.0 Å². The number of aryl methyl sites for hydroxylation is 1. The van der Waals surface area contributed by atoms with Crippen LogP contribution < -0.4 is 15.5 Å². The highest BCUT2D eigenvalue weighted by atomic mass is 16.6. The molecule has 0 aliphatic carbocycles. The first-order valence-corrected chi connectivity index (χ1v) is 12.1. The maximum Gasteiger partial charge on any atom is 0.339 e. The maximum atomic E-state index is 13.5. The Hall–Kier alpha value is -3.88. The van der Waals surface area contributed by atoms with Crippen LogP contribution in [0.4, 0.5) is 16.2 Å². The third-order valence-electron chi connectivity index (χ3n) is 5.52. The van der Waals surface area contributed by atoms with Crippen LogP contribution in [0.15, 0.2) is 54.6 Å². The topological polar surface area (TPSA) is 108 Å². The van der Waals surface area contributed by atoms with E-state index in [9.17, 15) is 19.2 Å². The van der Waals surface area contributed by atoms with Crippen molar-refractivity contribution in [1.29, 1.82) is 0 Å². The molecule has 1 fully saturated rings. The second kappa shape index (κ2) is 11.7. The van der Waals surface area contributed by atoms with Crippen molar-refractivity contribution in [2.24, 2.45) is 0 Å². The highest BCUT2D eigenvalue weighted by molar-refractivity contribution is 6.13. The Balaban J connectivity index is 1.86. The van der Waals surface area contributed by atoms with Crippen LogP contribution in [0.1, 0.15) is 39.2 Å². The number of rotatable bonds is 7. The highest BCUT2D eigenvalue weighted by Crippen LogP contribution is 2.23. The van der Waals surface area contributed by atoms with Crippen LogP contribution in [0.2, 0.25) is 0 Å². The number of carbonyl (C=O) groups is 4. The second-order valence-electron chi connectivity index (χ2n) is 9.74. The molecule has 2 aromatic rings. The molecule has 9 heteroatoms. The lowest BCUT2D eigenvalue weighted by atomic mass is 10.1. The fourth-order valence-electron chi connectivity index (χ4n) is 3.95. The number of hydrogen-bond acceptors (Lipinski definition) is 5. The Kier molecular flexibility index (Phi) is 8.68. The molecule has 0 saturated carbocycles. The van der Waals surface area contributed by atoms with E-state index in [1.807, 2.05) is 19.1 Å². The number of amides is 4. The number of nitrogens with one attached hydrogen (secondary N) is 2. The minimum Gasteiger partial charge on any atom is -0.458 e. The number of likely N-dealkylation sites (tertiary alicyclic amines) is 1. The molecular formula is C27H34N4O5. The van der Waals surface area contributed by atoms with Crippen LogP contribution in [0.25, 0.3) is 0 Å². The number of esters is 1. The Labute approximate surface area is 211 Å². The lowest BCUT2D eigenvalue weighted by Gasteiger charge is -2.34. The first-order valence-electron chi connectivity index (χ1n) is 12.1. The molecule has 9 nitrogen and oxygen atoms in total. The third-order valence-corrected chi connectivity index (χ3v) is 5.52. The quantitative estimate of drug-likeness (QED) is 0.453. The summed E-state index contributed by atoms with van der Waals surface area (Å²) in [6.07, 6.45) is 1.65. The van der Waals surface area contributed by atoms with Crippen molar-refractivity contribution in [3.05, 3.63) is 60.2 Å². The van der Waals surface area contributed by atoms with E-state index in [4.69, 9.17) is 4.74 Å². The van der Waals surface area contributed by atoms with Gasteiger partial charge in [-0.05, 0) is 70.4 Å². The first kappa shape index (κ1) is 26.7. The van der Waals surface area contributed by atoms with Crippen molar-refractivity contribution < 1.29 is 23.9 Å². The SMILES string of the molecule is Cc1cccc(NC(=O)NCC(=O)N(c2ccccc2)C(C(=O)OC(C)(C)C)C(=O)N2CCCC2)c1. The summed E-state index contributed by atoms with van der Waals surface area (Å²) in [5.41, 5.74) is 1.04. The summed E-state index contributed by atoms with van der Waals surface area (Å²) in [6.45, 7) is 7.59. The van der Waals surface area contributed by atoms with Gasteiger partial charge in [-0.2, -0.15) is 0 Å². The molecule has 4 amide bonds. The summed E-state index contributed by atoms with van der Waals surface area (Å²) in [6, 6.07) is 13.6. The van der Waals surface area contributed by atoms with Crippen molar-refractivity contribution in [2.75, 3.05) is 29.9 Å². The fourth-order valence-corrected chi connectivity index (χ4v) is 3.95. The zero-order valence-corrected chi connectivity index (χ0v) is 21.2. The molecule has 0 spiro atoms. The Morgan fingerprint density at radius 3 is 2.28 bits per heavy atom. The lowest BCUT2D eigenvalue weighted by Crippen LogP contribution is -2.58. The molecule has 0 aromatic heterocycles. The van der Waals surface area contributed by atoms with E-state index in [0.29, 0.717) is 24.5 Å². The minimum absolute atomic E-state index is 0.354. The largest absolute Gasteiger partial charge is 0.458 e. The predicted molar refractivity (Wildman–Crippen MR) is 138 cm³/mol. The van der Waals surface area contributed by atoms with Gasteiger partial charge in [0.25, 0.3) is 5.91 Å². The van der Waals surface area contributed by atoms with Gasteiger partial charge in [-0.25, -0.2) is 9.59 Å². The van der Waals surface area contributed by atoms with Gasteiger partial charge in [0.05, 0.1) is 6.54 Å². The fraction of sp³-hybridized carbons (Fsp3) is 0.407. The molecule has 36 heavy (non-hydrogen) atoms. The summed E-state index contributed by atoms with van der Waals surface area (Å²) >= 11 is 0. The normalized spacial score (nSPS) is 14.1. The Bertz CT molecular complexity index is 1090. The molecule has 0 bridgehead atoms. The van der Waals surface area contributed by atoms with Crippen LogP contribution in [0, 0.1) is 6.92 Å². The molecule has 0 radical (unpaired) electrons. The smallest absolute Gasteiger partial charge is 0.339 e. The molecule has 1 aliphatic rings. The summed E-state index contributed by atoms with van der Waals surface area (Å²) in [4.78, 5) is 55.5. The van der Waals surface area contributed by atoms with Crippen molar-refractivity contribution in [3.8, 4) is 0 Å².